The van der Waals surface area contributed by atoms with Gasteiger partial charge in [-0.25, -0.2) is 0 Å². The van der Waals surface area contributed by atoms with E-state index in [0.29, 0.717) is 6.42 Å². The van der Waals surface area contributed by atoms with Crippen LogP contribution in [0.15, 0.2) is 12.2 Å². The van der Waals surface area contributed by atoms with Crippen molar-refractivity contribution in [2.24, 2.45) is 11.3 Å². The fourth-order valence-electron chi connectivity index (χ4n) is 3.03. The van der Waals surface area contributed by atoms with Crippen LogP contribution in [0.25, 0.3) is 0 Å². The molecule has 0 radical (unpaired) electrons. The predicted molar refractivity (Wildman–Crippen MR) is 73.3 cm³/mol. The summed E-state index contributed by atoms with van der Waals surface area (Å²) in [5, 5.41) is 0. The van der Waals surface area contributed by atoms with Gasteiger partial charge in [-0.2, -0.15) is 0 Å². The second kappa shape index (κ2) is 4.91. The molecule has 4 heteroatoms. The highest BCUT2D eigenvalue weighted by Gasteiger charge is 2.43. The maximum Gasteiger partial charge on any atom is 0.254 e. The quantitative estimate of drug-likeness (QED) is 0.717. The highest BCUT2D eigenvalue weighted by Crippen LogP contribution is 2.35. The Morgan fingerprint density at radius 3 is 1.89 bits per heavy atom. The zero-order valence-electron chi connectivity index (χ0n) is 12.6. The van der Waals surface area contributed by atoms with Gasteiger partial charge in [0.1, 0.15) is 5.78 Å². The number of carbonyl (C=O) groups excluding carboxylic acids is 3. The normalized spacial score (nSPS) is 16.7. The summed E-state index contributed by atoms with van der Waals surface area (Å²) in [5.41, 5.74) is -1.24. The van der Waals surface area contributed by atoms with E-state index in [0.717, 1.165) is 0 Å². The molecule has 0 unspecified atom stereocenters. The summed E-state index contributed by atoms with van der Waals surface area (Å²) in [6.45, 7) is 11.1. The third-order valence-corrected chi connectivity index (χ3v) is 3.48. The van der Waals surface area contributed by atoms with E-state index in [1.54, 1.807) is 0 Å². The molecule has 0 saturated carbocycles. The molecule has 0 N–H and O–H groups in total. The Hall–Kier alpha value is -1.45. The molecule has 1 aliphatic heterocycles. The van der Waals surface area contributed by atoms with Gasteiger partial charge >= 0.3 is 0 Å². The third kappa shape index (κ3) is 3.11. The molecule has 106 valence electrons. The van der Waals surface area contributed by atoms with Gasteiger partial charge in [-0.1, -0.05) is 27.7 Å². The van der Waals surface area contributed by atoms with Crippen molar-refractivity contribution in [1.29, 1.82) is 0 Å². The second-order valence-electron chi connectivity index (χ2n) is 6.74. The minimum absolute atomic E-state index is 0.0612. The van der Waals surface area contributed by atoms with E-state index in [1.165, 1.54) is 17.1 Å². The van der Waals surface area contributed by atoms with E-state index in [1.807, 2.05) is 41.5 Å². The summed E-state index contributed by atoms with van der Waals surface area (Å²) in [6.07, 6.45) is 3.01. The van der Waals surface area contributed by atoms with Gasteiger partial charge in [-0.15, -0.1) is 0 Å². The molecule has 0 fully saturated rings. The van der Waals surface area contributed by atoms with Crippen molar-refractivity contribution in [2.45, 2.75) is 53.5 Å². The maximum absolute atomic E-state index is 12.2. The number of imide groups is 1. The average Bonchev–Trinajstić information content (AvgIpc) is 2.56. The highest BCUT2D eigenvalue weighted by atomic mass is 16.2. The fraction of sp³-hybridized carbons (Fsp3) is 0.667. The maximum atomic E-state index is 12.2. The van der Waals surface area contributed by atoms with Crippen LogP contribution < -0.4 is 0 Å². The first-order valence-electron chi connectivity index (χ1n) is 6.59. The average molecular weight is 265 g/mol. The number of hydrogen-bond acceptors (Lipinski definition) is 3. The Balaban J connectivity index is 2.94. The van der Waals surface area contributed by atoms with E-state index in [9.17, 15) is 14.4 Å². The summed E-state index contributed by atoms with van der Waals surface area (Å²) in [6, 6.07) is 0. The predicted octanol–water partition coefficient (Wildman–Crippen LogP) is 2.33. The van der Waals surface area contributed by atoms with Crippen molar-refractivity contribution in [3.05, 3.63) is 12.2 Å². The SMILES string of the molecule is CC(C)C(=O)C(C)(C)CC(C)(C)N1C(=O)C=CC1=O. The van der Waals surface area contributed by atoms with Gasteiger partial charge < -0.3 is 0 Å². The van der Waals surface area contributed by atoms with Crippen molar-refractivity contribution >= 4 is 17.6 Å². The van der Waals surface area contributed by atoms with E-state index < -0.39 is 11.0 Å². The van der Waals surface area contributed by atoms with Crippen LogP contribution in [-0.4, -0.2) is 28.0 Å². The summed E-state index contributed by atoms with van der Waals surface area (Å²) in [5.74, 6) is -0.521. The molecule has 1 heterocycles. The number of ketones is 1. The summed E-state index contributed by atoms with van der Waals surface area (Å²) < 4.78 is 0. The van der Waals surface area contributed by atoms with Crippen molar-refractivity contribution < 1.29 is 14.4 Å². The summed E-state index contributed by atoms with van der Waals surface area (Å²) in [4.78, 5) is 37.0. The van der Waals surface area contributed by atoms with Crippen molar-refractivity contribution in [2.75, 3.05) is 0 Å². The van der Waals surface area contributed by atoms with Crippen molar-refractivity contribution in [1.82, 2.24) is 4.90 Å². The first-order chi connectivity index (χ1) is 8.49. The van der Waals surface area contributed by atoms with Crippen LogP contribution in [0.1, 0.15) is 48.0 Å². The molecular weight excluding hydrogens is 242 g/mol. The van der Waals surface area contributed by atoms with Gasteiger partial charge in [-0.05, 0) is 20.3 Å². The van der Waals surface area contributed by atoms with E-state index in [-0.39, 0.29) is 23.5 Å². The monoisotopic (exact) mass is 265 g/mol. The zero-order chi connectivity index (χ0) is 15.0. The minimum atomic E-state index is -0.675. The molecule has 2 amide bonds. The molecule has 0 spiro atoms. The third-order valence-electron chi connectivity index (χ3n) is 3.48. The fourth-order valence-corrected chi connectivity index (χ4v) is 3.03. The molecule has 1 aliphatic rings. The van der Waals surface area contributed by atoms with Crippen LogP contribution in [0.4, 0.5) is 0 Å². The number of carbonyl (C=O) groups is 3. The lowest BCUT2D eigenvalue weighted by molar-refractivity contribution is -0.146. The molecule has 0 aromatic carbocycles. The Kier molecular flexibility index (Phi) is 4.03. The topological polar surface area (TPSA) is 54.5 Å². The molecule has 4 nitrogen and oxygen atoms in total. The largest absolute Gasteiger partial charge is 0.299 e. The van der Waals surface area contributed by atoms with Crippen LogP contribution >= 0.6 is 0 Å². The van der Waals surface area contributed by atoms with Crippen molar-refractivity contribution in [3.8, 4) is 0 Å². The number of hydrogen-bond donors (Lipinski definition) is 0. The van der Waals surface area contributed by atoms with E-state index >= 15 is 0 Å². The van der Waals surface area contributed by atoms with Crippen LogP contribution in [0.2, 0.25) is 0 Å². The molecular formula is C15H23NO3. The molecule has 1 rings (SSSR count). The molecule has 0 aromatic heterocycles. The number of amides is 2. The molecule has 0 saturated heterocycles. The van der Waals surface area contributed by atoms with Crippen LogP contribution in [-0.2, 0) is 14.4 Å². The lowest BCUT2D eigenvalue weighted by atomic mass is 9.73. The van der Waals surface area contributed by atoms with E-state index in [2.05, 4.69) is 0 Å². The summed E-state index contributed by atoms with van der Waals surface area (Å²) in [7, 11) is 0. The summed E-state index contributed by atoms with van der Waals surface area (Å²) >= 11 is 0. The Bertz CT molecular complexity index is 426. The van der Waals surface area contributed by atoms with Gasteiger partial charge in [0.25, 0.3) is 11.8 Å². The molecule has 0 atom stereocenters. The molecule has 19 heavy (non-hydrogen) atoms. The zero-order valence-corrected chi connectivity index (χ0v) is 12.6. The Labute approximate surface area is 114 Å². The highest BCUT2D eigenvalue weighted by molar-refractivity contribution is 6.13. The van der Waals surface area contributed by atoms with E-state index in [4.69, 9.17) is 0 Å². The number of Topliss-reactive ketones (excluding diaryl/α,β-unsaturated/α-hetero) is 1. The number of nitrogens with zero attached hydrogens (tertiary/aromatic N) is 1. The first-order valence-corrected chi connectivity index (χ1v) is 6.59. The standard InChI is InChI=1S/C15H23NO3/c1-10(2)13(19)14(3,4)9-15(5,6)16-11(17)7-8-12(16)18/h7-8,10H,9H2,1-6H3. The van der Waals surface area contributed by atoms with Gasteiger partial charge in [0.15, 0.2) is 0 Å². The lowest BCUT2D eigenvalue weighted by Gasteiger charge is -2.40. The van der Waals surface area contributed by atoms with Gasteiger partial charge in [0, 0.05) is 29.0 Å². The first kappa shape index (κ1) is 15.6. The molecule has 0 aromatic rings. The minimum Gasteiger partial charge on any atom is -0.299 e. The Morgan fingerprint density at radius 1 is 1.11 bits per heavy atom. The smallest absolute Gasteiger partial charge is 0.254 e. The number of rotatable bonds is 5. The molecule has 0 aliphatic carbocycles. The van der Waals surface area contributed by atoms with Crippen LogP contribution in [0.3, 0.4) is 0 Å². The Morgan fingerprint density at radius 2 is 1.53 bits per heavy atom. The van der Waals surface area contributed by atoms with Crippen LogP contribution in [0.5, 0.6) is 0 Å². The van der Waals surface area contributed by atoms with Crippen molar-refractivity contribution in [3.63, 3.8) is 0 Å². The van der Waals surface area contributed by atoms with Gasteiger partial charge in [0.2, 0.25) is 0 Å². The van der Waals surface area contributed by atoms with Gasteiger partial charge in [-0.3, -0.25) is 19.3 Å². The van der Waals surface area contributed by atoms with Crippen LogP contribution in [0, 0.1) is 11.3 Å². The second-order valence-corrected chi connectivity index (χ2v) is 6.74. The lowest BCUT2D eigenvalue weighted by Crippen LogP contribution is -2.51. The molecule has 0 bridgehead atoms. The van der Waals surface area contributed by atoms with Gasteiger partial charge in [0.05, 0.1) is 0 Å².